The van der Waals surface area contributed by atoms with Gasteiger partial charge in [-0.1, -0.05) is 29.8 Å². The van der Waals surface area contributed by atoms with Crippen LogP contribution >= 0.6 is 11.6 Å². The lowest BCUT2D eigenvalue weighted by Gasteiger charge is -2.23. The van der Waals surface area contributed by atoms with Crippen molar-refractivity contribution in [1.82, 2.24) is 5.32 Å². The first-order valence-electron chi connectivity index (χ1n) is 7.83. The van der Waals surface area contributed by atoms with Gasteiger partial charge in [0.05, 0.1) is 6.54 Å². The zero-order chi connectivity index (χ0) is 18.9. The van der Waals surface area contributed by atoms with Crippen molar-refractivity contribution >= 4 is 29.1 Å². The van der Waals surface area contributed by atoms with Crippen molar-refractivity contribution in [2.75, 3.05) is 11.4 Å². The molecular weight excluding hydrogens is 363 g/mol. The number of carbonyl (C=O) groups is 2. The van der Waals surface area contributed by atoms with Gasteiger partial charge in [-0.25, -0.2) is 4.39 Å². The molecule has 2 aromatic rings. The van der Waals surface area contributed by atoms with Crippen LogP contribution in [0.3, 0.4) is 0 Å². The Morgan fingerprint density at radius 3 is 2.65 bits per heavy atom. The van der Waals surface area contributed by atoms with Crippen LogP contribution in [-0.4, -0.2) is 40.3 Å². The fourth-order valence-electron chi connectivity index (χ4n) is 2.85. The van der Waals surface area contributed by atoms with Gasteiger partial charge in [-0.15, -0.1) is 0 Å². The second-order valence-electron chi connectivity index (χ2n) is 5.99. The van der Waals surface area contributed by atoms with Crippen molar-refractivity contribution in [3.8, 4) is 0 Å². The number of para-hydroxylation sites is 1. The fraction of sp³-hybridized carbons (Fsp3) is 0.222. The number of anilines is 1. The number of aliphatic hydroxyl groups is 2. The number of aliphatic hydroxyl groups excluding tert-OH is 1. The molecule has 1 aliphatic heterocycles. The maximum Gasteiger partial charge on any atom is 0.271 e. The molecule has 3 N–H and O–H groups in total. The second kappa shape index (κ2) is 7.03. The molecule has 0 aromatic heterocycles. The Hall–Kier alpha value is -2.48. The number of amides is 2. The highest BCUT2D eigenvalue weighted by Gasteiger charge is 2.58. The number of benzene rings is 2. The summed E-state index contributed by atoms with van der Waals surface area (Å²) in [5, 5.41) is 23.2. The van der Waals surface area contributed by atoms with Gasteiger partial charge in [0.2, 0.25) is 5.60 Å². The molecule has 1 saturated heterocycles. The molecule has 1 aliphatic rings. The molecule has 2 amide bonds. The Morgan fingerprint density at radius 1 is 1.31 bits per heavy atom. The van der Waals surface area contributed by atoms with Crippen LogP contribution < -0.4 is 10.2 Å². The lowest BCUT2D eigenvalue weighted by Crippen LogP contribution is -2.57. The van der Waals surface area contributed by atoms with Crippen LogP contribution in [0.15, 0.2) is 48.5 Å². The molecule has 0 unspecified atom stereocenters. The molecule has 2 aromatic carbocycles. The third kappa shape index (κ3) is 3.29. The van der Waals surface area contributed by atoms with E-state index in [0.29, 0.717) is 11.3 Å². The van der Waals surface area contributed by atoms with Crippen LogP contribution in [0.4, 0.5) is 10.1 Å². The van der Waals surface area contributed by atoms with Gasteiger partial charge in [-0.3, -0.25) is 9.59 Å². The van der Waals surface area contributed by atoms with Gasteiger partial charge in [-0.2, -0.15) is 0 Å². The van der Waals surface area contributed by atoms with E-state index in [9.17, 15) is 24.2 Å². The van der Waals surface area contributed by atoms with E-state index in [1.807, 2.05) is 0 Å². The number of rotatable bonds is 4. The average Bonchev–Trinajstić information content (AvgIpc) is 2.85. The van der Waals surface area contributed by atoms with E-state index in [-0.39, 0.29) is 18.1 Å². The predicted octanol–water partition coefficient (Wildman–Crippen LogP) is 1.23. The third-order valence-corrected chi connectivity index (χ3v) is 4.42. The van der Waals surface area contributed by atoms with Gasteiger partial charge >= 0.3 is 0 Å². The molecule has 136 valence electrons. The number of hydrogen-bond donors (Lipinski definition) is 3. The maximum absolute atomic E-state index is 13.3. The Bertz CT molecular complexity index is 828. The summed E-state index contributed by atoms with van der Waals surface area (Å²) < 4.78 is 13.3. The first-order chi connectivity index (χ1) is 12.3. The van der Waals surface area contributed by atoms with E-state index in [1.54, 1.807) is 30.3 Å². The number of hydrogen-bond acceptors (Lipinski definition) is 4. The van der Waals surface area contributed by atoms with Crippen molar-refractivity contribution in [1.29, 1.82) is 0 Å². The van der Waals surface area contributed by atoms with Gasteiger partial charge in [-0.05, 0) is 35.9 Å². The van der Waals surface area contributed by atoms with Crippen LogP contribution in [0.5, 0.6) is 0 Å². The van der Waals surface area contributed by atoms with E-state index in [2.05, 4.69) is 5.32 Å². The van der Waals surface area contributed by atoms with Crippen LogP contribution in [0.2, 0.25) is 5.02 Å². The lowest BCUT2D eigenvalue weighted by molar-refractivity contribution is -0.157. The van der Waals surface area contributed by atoms with Gasteiger partial charge in [0.15, 0.2) is 0 Å². The van der Waals surface area contributed by atoms with Crippen molar-refractivity contribution in [2.24, 2.45) is 0 Å². The molecule has 1 heterocycles. The van der Waals surface area contributed by atoms with Gasteiger partial charge in [0.25, 0.3) is 11.8 Å². The molecule has 0 saturated carbocycles. The standard InChI is InChI=1S/C18H16ClFN2O4/c19-12-6-11(7-13(20)8-12)9-21-16(24)18(26)15(23)10-22(17(18)25)14-4-2-1-3-5-14/h1-8,15,23,26H,9-10H2,(H,21,24)/t15-,18+/m0/s1. The Kier molecular flexibility index (Phi) is 4.95. The van der Waals surface area contributed by atoms with Crippen molar-refractivity contribution in [3.05, 3.63) is 64.9 Å². The molecule has 0 aliphatic carbocycles. The largest absolute Gasteiger partial charge is 0.387 e. The topological polar surface area (TPSA) is 89.9 Å². The highest BCUT2D eigenvalue weighted by Crippen LogP contribution is 2.29. The molecule has 0 bridgehead atoms. The van der Waals surface area contributed by atoms with Crippen molar-refractivity contribution in [3.63, 3.8) is 0 Å². The normalized spacial score (nSPS) is 22.5. The quantitative estimate of drug-likeness (QED) is 0.698. The first kappa shape index (κ1) is 18.3. The van der Waals surface area contributed by atoms with Crippen molar-refractivity contribution in [2.45, 2.75) is 18.2 Å². The summed E-state index contributed by atoms with van der Waals surface area (Å²) in [5.74, 6) is -2.56. The zero-order valence-electron chi connectivity index (χ0n) is 13.5. The molecule has 0 radical (unpaired) electrons. The minimum absolute atomic E-state index is 0.153. The van der Waals surface area contributed by atoms with E-state index in [1.165, 1.54) is 12.1 Å². The SMILES string of the molecule is O=C(NCc1cc(F)cc(Cl)c1)[C@@]1(O)C(=O)N(c2ccccc2)C[C@@H]1O. The van der Waals surface area contributed by atoms with Crippen LogP contribution in [0.25, 0.3) is 0 Å². The van der Waals surface area contributed by atoms with E-state index in [0.717, 1.165) is 11.0 Å². The molecule has 0 spiro atoms. The van der Waals surface area contributed by atoms with Crippen molar-refractivity contribution < 1.29 is 24.2 Å². The van der Waals surface area contributed by atoms with E-state index >= 15 is 0 Å². The van der Waals surface area contributed by atoms with Crippen LogP contribution in [0.1, 0.15) is 5.56 Å². The zero-order valence-corrected chi connectivity index (χ0v) is 14.3. The summed E-state index contributed by atoms with van der Waals surface area (Å²) in [5.41, 5.74) is -1.81. The average molecular weight is 379 g/mol. The molecule has 1 fully saturated rings. The van der Waals surface area contributed by atoms with E-state index < -0.39 is 29.3 Å². The monoisotopic (exact) mass is 378 g/mol. The maximum atomic E-state index is 13.3. The smallest absolute Gasteiger partial charge is 0.271 e. The third-order valence-electron chi connectivity index (χ3n) is 4.20. The summed E-state index contributed by atoms with van der Waals surface area (Å²) in [6.07, 6.45) is -1.61. The summed E-state index contributed by atoms with van der Waals surface area (Å²) in [4.78, 5) is 26.1. The molecule has 26 heavy (non-hydrogen) atoms. The number of carbonyl (C=O) groups excluding carboxylic acids is 2. The van der Waals surface area contributed by atoms with Gasteiger partial charge in [0.1, 0.15) is 11.9 Å². The minimum atomic E-state index is -2.62. The van der Waals surface area contributed by atoms with Crippen LogP contribution in [0, 0.1) is 5.82 Å². The van der Waals surface area contributed by atoms with Gasteiger partial charge in [0, 0.05) is 17.3 Å². The van der Waals surface area contributed by atoms with E-state index in [4.69, 9.17) is 11.6 Å². The predicted molar refractivity (Wildman–Crippen MR) is 93.0 cm³/mol. The fourth-order valence-corrected chi connectivity index (χ4v) is 3.09. The molecule has 3 rings (SSSR count). The number of halogens is 2. The molecule has 6 nitrogen and oxygen atoms in total. The first-order valence-corrected chi connectivity index (χ1v) is 8.21. The summed E-state index contributed by atoms with van der Waals surface area (Å²) >= 11 is 5.75. The Morgan fingerprint density at radius 2 is 2.00 bits per heavy atom. The molecule has 8 heteroatoms. The summed E-state index contributed by atoms with van der Waals surface area (Å²) in [7, 11) is 0. The Balaban J connectivity index is 1.76. The molecular formula is C18H16ClFN2O4. The highest BCUT2D eigenvalue weighted by atomic mass is 35.5. The Labute approximate surface area is 153 Å². The highest BCUT2D eigenvalue weighted by molar-refractivity contribution is 6.30. The van der Waals surface area contributed by atoms with Crippen LogP contribution in [-0.2, 0) is 16.1 Å². The number of nitrogens with one attached hydrogen (secondary N) is 1. The minimum Gasteiger partial charge on any atom is -0.387 e. The second-order valence-corrected chi connectivity index (χ2v) is 6.43. The molecule has 2 atom stereocenters. The number of nitrogens with zero attached hydrogens (tertiary/aromatic N) is 1. The van der Waals surface area contributed by atoms with Gasteiger partial charge < -0.3 is 20.4 Å². The lowest BCUT2D eigenvalue weighted by atomic mass is 9.98. The summed E-state index contributed by atoms with van der Waals surface area (Å²) in [6.45, 7) is -0.386. The number of β-amino-alcohol motifs (C(OH)–C–C–N with tert-alkyl or cyclic N) is 1. The summed E-state index contributed by atoms with van der Waals surface area (Å²) in [6, 6.07) is 12.1.